The zero-order valence-corrected chi connectivity index (χ0v) is 11.8. The van der Waals surface area contributed by atoms with Crippen LogP contribution < -0.4 is 0 Å². The lowest BCUT2D eigenvalue weighted by molar-refractivity contribution is -0.144. The standard InChI is InChI=1S/C11H18O7S/c1-3-18-11(14)5-4-9(12)8-19(15,16)7-6-10(13)17-2/h3-8H2,1-2H3. The highest BCUT2D eigenvalue weighted by Crippen LogP contribution is 2.01. The van der Waals surface area contributed by atoms with Crippen molar-refractivity contribution in [3.8, 4) is 0 Å². The summed E-state index contributed by atoms with van der Waals surface area (Å²) < 4.78 is 31.9. The van der Waals surface area contributed by atoms with Crippen molar-refractivity contribution in [1.29, 1.82) is 0 Å². The molecule has 0 spiro atoms. The van der Waals surface area contributed by atoms with Crippen molar-refractivity contribution in [3.05, 3.63) is 0 Å². The maximum atomic E-state index is 11.5. The smallest absolute Gasteiger partial charge is 0.306 e. The van der Waals surface area contributed by atoms with Gasteiger partial charge in [0.15, 0.2) is 9.84 Å². The second-order valence-electron chi connectivity index (χ2n) is 3.76. The number of ketones is 1. The van der Waals surface area contributed by atoms with Gasteiger partial charge in [-0.25, -0.2) is 8.42 Å². The van der Waals surface area contributed by atoms with Gasteiger partial charge in [-0.05, 0) is 6.92 Å². The Labute approximate surface area is 112 Å². The third kappa shape index (κ3) is 9.18. The molecule has 0 N–H and O–H groups in total. The van der Waals surface area contributed by atoms with E-state index in [0.29, 0.717) is 0 Å². The second kappa shape index (κ2) is 8.63. The first kappa shape index (κ1) is 17.6. The number of carbonyl (C=O) groups is 3. The second-order valence-corrected chi connectivity index (χ2v) is 5.95. The summed E-state index contributed by atoms with van der Waals surface area (Å²) in [5.41, 5.74) is 0. The van der Waals surface area contributed by atoms with Crippen molar-refractivity contribution in [2.75, 3.05) is 25.2 Å². The molecular weight excluding hydrogens is 276 g/mol. The highest BCUT2D eigenvalue weighted by Gasteiger charge is 2.19. The lowest BCUT2D eigenvalue weighted by Gasteiger charge is -2.03. The molecule has 7 nitrogen and oxygen atoms in total. The Morgan fingerprint density at radius 3 is 2.16 bits per heavy atom. The van der Waals surface area contributed by atoms with Crippen LogP contribution in [0.1, 0.15) is 26.2 Å². The Hall–Kier alpha value is -1.44. The fraction of sp³-hybridized carbons (Fsp3) is 0.727. The van der Waals surface area contributed by atoms with E-state index in [9.17, 15) is 22.8 Å². The molecular formula is C11H18O7S. The minimum absolute atomic E-state index is 0.140. The lowest BCUT2D eigenvalue weighted by atomic mass is 10.2. The molecule has 0 aliphatic carbocycles. The van der Waals surface area contributed by atoms with E-state index in [1.54, 1.807) is 6.92 Å². The van der Waals surface area contributed by atoms with Crippen LogP contribution in [0.2, 0.25) is 0 Å². The molecule has 110 valence electrons. The number of methoxy groups -OCH3 is 1. The zero-order chi connectivity index (χ0) is 14.9. The molecule has 0 rings (SSSR count). The summed E-state index contributed by atoms with van der Waals surface area (Å²) in [6.07, 6.45) is -0.612. The highest BCUT2D eigenvalue weighted by molar-refractivity contribution is 7.92. The molecule has 0 fully saturated rings. The van der Waals surface area contributed by atoms with Gasteiger partial charge >= 0.3 is 11.9 Å². The predicted octanol–water partition coefficient (Wildman–Crippen LogP) is -0.123. The molecule has 0 aromatic carbocycles. The SMILES string of the molecule is CCOC(=O)CCC(=O)CS(=O)(=O)CCC(=O)OC. The molecule has 0 aromatic rings. The maximum absolute atomic E-state index is 11.5. The summed E-state index contributed by atoms with van der Waals surface area (Å²) in [6.45, 7) is 1.85. The Morgan fingerprint density at radius 1 is 1.00 bits per heavy atom. The van der Waals surface area contributed by atoms with Crippen LogP contribution >= 0.6 is 0 Å². The van der Waals surface area contributed by atoms with E-state index in [4.69, 9.17) is 0 Å². The molecule has 0 saturated carbocycles. The molecule has 0 aliphatic heterocycles. The van der Waals surface area contributed by atoms with E-state index in [0.717, 1.165) is 7.11 Å². The van der Waals surface area contributed by atoms with Crippen LogP contribution in [0.25, 0.3) is 0 Å². The van der Waals surface area contributed by atoms with E-state index in [2.05, 4.69) is 9.47 Å². The van der Waals surface area contributed by atoms with Gasteiger partial charge in [-0.1, -0.05) is 0 Å². The van der Waals surface area contributed by atoms with Gasteiger partial charge in [-0.15, -0.1) is 0 Å². The van der Waals surface area contributed by atoms with E-state index in [1.165, 1.54) is 0 Å². The molecule has 0 amide bonds. The maximum Gasteiger partial charge on any atom is 0.306 e. The first-order valence-corrected chi connectivity index (χ1v) is 7.57. The van der Waals surface area contributed by atoms with Crippen molar-refractivity contribution in [3.63, 3.8) is 0 Å². The van der Waals surface area contributed by atoms with Gasteiger partial charge in [-0.2, -0.15) is 0 Å². The molecule has 0 bridgehead atoms. The fourth-order valence-corrected chi connectivity index (χ4v) is 2.46. The van der Waals surface area contributed by atoms with Gasteiger partial charge in [0.25, 0.3) is 0 Å². The number of rotatable bonds is 9. The van der Waals surface area contributed by atoms with E-state index >= 15 is 0 Å². The monoisotopic (exact) mass is 294 g/mol. The van der Waals surface area contributed by atoms with Crippen molar-refractivity contribution < 1.29 is 32.3 Å². The predicted molar refractivity (Wildman–Crippen MR) is 66.2 cm³/mol. The van der Waals surface area contributed by atoms with Gasteiger partial charge in [0, 0.05) is 6.42 Å². The van der Waals surface area contributed by atoms with Crippen molar-refractivity contribution in [1.82, 2.24) is 0 Å². The molecule has 0 saturated heterocycles. The van der Waals surface area contributed by atoms with E-state index in [-0.39, 0.29) is 25.9 Å². The summed E-state index contributed by atoms with van der Waals surface area (Å²) >= 11 is 0. The van der Waals surface area contributed by atoms with Gasteiger partial charge < -0.3 is 9.47 Å². The highest BCUT2D eigenvalue weighted by atomic mass is 32.2. The van der Waals surface area contributed by atoms with Gasteiger partial charge in [0.05, 0.1) is 32.3 Å². The van der Waals surface area contributed by atoms with Crippen LogP contribution in [-0.2, 0) is 33.7 Å². The number of ether oxygens (including phenoxy) is 2. The Bertz CT molecular complexity index is 424. The third-order valence-electron chi connectivity index (χ3n) is 2.14. The number of Topliss-reactive ketones (excluding diaryl/α,β-unsaturated/α-hetero) is 1. The Kier molecular flexibility index (Phi) is 7.97. The van der Waals surface area contributed by atoms with Crippen LogP contribution in [0.4, 0.5) is 0 Å². The van der Waals surface area contributed by atoms with E-state index in [1.807, 2.05) is 0 Å². The molecule has 19 heavy (non-hydrogen) atoms. The molecule has 0 radical (unpaired) electrons. The minimum Gasteiger partial charge on any atom is -0.469 e. The number of hydrogen-bond donors (Lipinski definition) is 0. The summed E-state index contributed by atoms with van der Waals surface area (Å²) in [6, 6.07) is 0. The molecule has 0 aromatic heterocycles. The normalized spacial score (nSPS) is 10.8. The summed E-state index contributed by atoms with van der Waals surface area (Å²) in [5, 5.41) is 0. The van der Waals surface area contributed by atoms with Crippen molar-refractivity contribution >= 4 is 27.6 Å². The topological polar surface area (TPSA) is 104 Å². The summed E-state index contributed by atoms with van der Waals surface area (Å²) in [5.74, 6) is -2.88. The third-order valence-corrected chi connectivity index (χ3v) is 3.73. The van der Waals surface area contributed by atoms with Crippen LogP contribution in [0, 0.1) is 0 Å². The van der Waals surface area contributed by atoms with E-state index < -0.39 is 39.1 Å². The van der Waals surface area contributed by atoms with Crippen LogP contribution in [0.5, 0.6) is 0 Å². The lowest BCUT2D eigenvalue weighted by Crippen LogP contribution is -2.21. The van der Waals surface area contributed by atoms with Gasteiger partial charge in [0.2, 0.25) is 0 Å². The van der Waals surface area contributed by atoms with Crippen LogP contribution in [0.15, 0.2) is 0 Å². The average molecular weight is 294 g/mol. The summed E-state index contributed by atoms with van der Waals surface area (Å²) in [4.78, 5) is 33.2. The number of esters is 2. The van der Waals surface area contributed by atoms with Crippen molar-refractivity contribution in [2.45, 2.75) is 26.2 Å². The number of hydrogen-bond acceptors (Lipinski definition) is 7. The first-order chi connectivity index (χ1) is 8.80. The Balaban J connectivity index is 4.10. The quantitative estimate of drug-likeness (QED) is 0.546. The Morgan fingerprint density at radius 2 is 1.63 bits per heavy atom. The molecule has 0 atom stereocenters. The van der Waals surface area contributed by atoms with Crippen molar-refractivity contribution in [2.24, 2.45) is 0 Å². The van der Waals surface area contributed by atoms with Crippen LogP contribution in [-0.4, -0.2) is 51.4 Å². The first-order valence-electron chi connectivity index (χ1n) is 5.75. The molecule has 0 heterocycles. The largest absolute Gasteiger partial charge is 0.469 e. The van der Waals surface area contributed by atoms with Gasteiger partial charge in [-0.3, -0.25) is 14.4 Å². The molecule has 8 heteroatoms. The molecule has 0 aliphatic rings. The van der Waals surface area contributed by atoms with Gasteiger partial charge in [0.1, 0.15) is 11.5 Å². The summed E-state index contributed by atoms with van der Waals surface area (Å²) in [7, 11) is -2.50. The average Bonchev–Trinajstić information content (AvgIpc) is 2.33. The minimum atomic E-state index is -3.65. The van der Waals surface area contributed by atoms with Crippen LogP contribution in [0.3, 0.4) is 0 Å². The fourth-order valence-electron chi connectivity index (χ4n) is 1.21. The molecule has 0 unspecified atom stereocenters. The number of sulfone groups is 1. The number of carbonyl (C=O) groups excluding carboxylic acids is 3. The zero-order valence-electron chi connectivity index (χ0n) is 11.0.